The Morgan fingerprint density at radius 3 is 2.05 bits per heavy atom. The first-order valence-electron chi connectivity index (χ1n) is 14.0. The number of fused-ring (bicyclic) bond motifs is 1. The largest absolute Gasteiger partial charge is 0.497 e. The standard InChI is InChI=1S/C35H35ClN2O3/c1-5-25-10-7-24(19-26(25)6-2)20-32-35(39)38(22-23-8-14-29(40-3)15-9-23)33-18-13-28(36)21-31(33)34(37-32)27-11-16-30(41-4)17-12-27/h7-19,21,32H,5-6,20,22H2,1-4H3. The van der Waals surface area contributed by atoms with Gasteiger partial charge in [0.25, 0.3) is 5.91 Å². The molecule has 0 N–H and O–H groups in total. The van der Waals surface area contributed by atoms with Crippen molar-refractivity contribution in [2.45, 2.75) is 45.7 Å². The number of anilines is 1. The zero-order chi connectivity index (χ0) is 28.9. The summed E-state index contributed by atoms with van der Waals surface area (Å²) >= 11 is 6.54. The summed E-state index contributed by atoms with van der Waals surface area (Å²) in [5.41, 5.74) is 7.99. The third kappa shape index (κ3) is 6.15. The van der Waals surface area contributed by atoms with Crippen LogP contribution in [0, 0.1) is 0 Å². The van der Waals surface area contributed by atoms with Gasteiger partial charge in [0.05, 0.1) is 32.2 Å². The Bertz CT molecular complexity index is 1560. The minimum atomic E-state index is -0.617. The Morgan fingerprint density at radius 2 is 1.41 bits per heavy atom. The van der Waals surface area contributed by atoms with Gasteiger partial charge in [-0.2, -0.15) is 0 Å². The molecule has 0 bridgehead atoms. The number of rotatable bonds is 9. The zero-order valence-electron chi connectivity index (χ0n) is 24.0. The van der Waals surface area contributed by atoms with Crippen LogP contribution in [0.15, 0.2) is 89.9 Å². The number of benzene rings is 4. The molecule has 41 heavy (non-hydrogen) atoms. The van der Waals surface area contributed by atoms with Crippen molar-refractivity contribution in [3.63, 3.8) is 0 Å². The molecule has 6 heteroatoms. The lowest BCUT2D eigenvalue weighted by Gasteiger charge is -2.26. The van der Waals surface area contributed by atoms with Crippen LogP contribution in [-0.2, 0) is 30.6 Å². The van der Waals surface area contributed by atoms with Crippen LogP contribution < -0.4 is 14.4 Å². The van der Waals surface area contributed by atoms with Crippen molar-refractivity contribution in [1.29, 1.82) is 0 Å². The van der Waals surface area contributed by atoms with Crippen molar-refractivity contribution >= 4 is 28.9 Å². The lowest BCUT2D eigenvalue weighted by atomic mass is 9.96. The minimum absolute atomic E-state index is 0.0504. The smallest absolute Gasteiger partial charge is 0.252 e. The Balaban J connectivity index is 1.64. The average molecular weight is 567 g/mol. The highest BCUT2D eigenvalue weighted by Crippen LogP contribution is 2.33. The highest BCUT2D eigenvalue weighted by molar-refractivity contribution is 6.32. The number of aliphatic imine (C=N–C) groups is 1. The van der Waals surface area contributed by atoms with Crippen LogP contribution in [0.4, 0.5) is 5.69 Å². The van der Waals surface area contributed by atoms with E-state index in [1.54, 1.807) is 14.2 Å². The topological polar surface area (TPSA) is 51.1 Å². The highest BCUT2D eigenvalue weighted by Gasteiger charge is 2.32. The number of hydrogen-bond donors (Lipinski definition) is 0. The van der Waals surface area contributed by atoms with Crippen LogP contribution in [0.25, 0.3) is 0 Å². The molecule has 0 aromatic heterocycles. The number of benzodiazepines with no additional fused rings is 1. The first-order valence-corrected chi connectivity index (χ1v) is 14.4. The molecule has 0 spiro atoms. The third-order valence-electron chi connectivity index (χ3n) is 7.67. The molecule has 5 rings (SSSR count). The maximum absolute atomic E-state index is 14.4. The molecule has 0 fully saturated rings. The maximum atomic E-state index is 14.4. The highest BCUT2D eigenvalue weighted by atomic mass is 35.5. The normalized spacial score (nSPS) is 14.8. The van der Waals surface area contributed by atoms with Crippen molar-refractivity contribution in [2.24, 2.45) is 4.99 Å². The van der Waals surface area contributed by atoms with Gasteiger partial charge in [0, 0.05) is 22.6 Å². The molecule has 5 nitrogen and oxygen atoms in total. The number of methoxy groups -OCH3 is 2. The second-order valence-corrected chi connectivity index (χ2v) is 10.6. The fourth-order valence-electron chi connectivity index (χ4n) is 5.40. The van der Waals surface area contributed by atoms with Crippen LogP contribution in [-0.4, -0.2) is 31.9 Å². The second kappa shape index (κ2) is 12.6. The predicted molar refractivity (Wildman–Crippen MR) is 167 cm³/mol. The van der Waals surface area contributed by atoms with Crippen molar-refractivity contribution in [3.8, 4) is 11.5 Å². The second-order valence-electron chi connectivity index (χ2n) is 10.2. The van der Waals surface area contributed by atoms with E-state index in [1.165, 1.54) is 11.1 Å². The van der Waals surface area contributed by atoms with Gasteiger partial charge in [-0.1, -0.05) is 55.8 Å². The van der Waals surface area contributed by atoms with E-state index in [4.69, 9.17) is 26.1 Å². The number of nitrogens with zero attached hydrogens (tertiary/aromatic N) is 2. The van der Waals surface area contributed by atoms with E-state index in [1.807, 2.05) is 71.6 Å². The van der Waals surface area contributed by atoms with Gasteiger partial charge in [-0.05, 0) is 89.7 Å². The van der Waals surface area contributed by atoms with Crippen LogP contribution in [0.2, 0.25) is 5.02 Å². The molecule has 1 amide bonds. The molecule has 4 aromatic carbocycles. The number of halogens is 1. The monoisotopic (exact) mass is 566 g/mol. The van der Waals surface area contributed by atoms with E-state index < -0.39 is 6.04 Å². The van der Waals surface area contributed by atoms with Gasteiger partial charge in [-0.15, -0.1) is 0 Å². The Morgan fingerprint density at radius 1 is 0.780 bits per heavy atom. The lowest BCUT2D eigenvalue weighted by molar-refractivity contribution is -0.119. The van der Waals surface area contributed by atoms with Crippen LogP contribution >= 0.6 is 11.6 Å². The summed E-state index contributed by atoms with van der Waals surface area (Å²) in [6, 6.07) is 27.2. The first kappa shape index (κ1) is 28.4. The van der Waals surface area contributed by atoms with Crippen molar-refractivity contribution in [3.05, 3.63) is 123 Å². The van der Waals surface area contributed by atoms with Gasteiger partial charge in [-0.3, -0.25) is 9.79 Å². The van der Waals surface area contributed by atoms with Crippen molar-refractivity contribution in [1.82, 2.24) is 0 Å². The van der Waals surface area contributed by atoms with E-state index >= 15 is 0 Å². The van der Waals surface area contributed by atoms with E-state index in [2.05, 4.69) is 32.0 Å². The Hall–Kier alpha value is -4.09. The number of carbonyl (C=O) groups excluding carboxylic acids is 1. The summed E-state index contributed by atoms with van der Waals surface area (Å²) < 4.78 is 10.7. The Labute approximate surface area is 247 Å². The number of carbonyl (C=O) groups is 1. The molecule has 0 saturated heterocycles. The van der Waals surface area contributed by atoms with E-state index in [0.29, 0.717) is 18.0 Å². The summed E-state index contributed by atoms with van der Waals surface area (Å²) in [6.45, 7) is 4.74. The van der Waals surface area contributed by atoms with Crippen molar-refractivity contribution in [2.75, 3.05) is 19.1 Å². The summed E-state index contributed by atoms with van der Waals surface area (Å²) in [6.07, 6.45) is 2.43. The SMILES string of the molecule is CCc1ccc(CC2N=C(c3ccc(OC)cc3)c3cc(Cl)ccc3N(Cc3ccc(OC)cc3)C2=O)cc1CC. The van der Waals surface area contributed by atoms with Crippen molar-refractivity contribution < 1.29 is 14.3 Å². The third-order valence-corrected chi connectivity index (χ3v) is 7.90. The molecule has 1 unspecified atom stereocenters. The van der Waals surface area contributed by atoms with Gasteiger partial charge in [0.1, 0.15) is 17.5 Å². The van der Waals surface area contributed by atoms with E-state index in [-0.39, 0.29) is 5.91 Å². The first-order chi connectivity index (χ1) is 19.9. The summed E-state index contributed by atoms with van der Waals surface area (Å²) in [5.74, 6) is 1.48. The molecule has 0 radical (unpaired) electrons. The lowest BCUT2D eigenvalue weighted by Crippen LogP contribution is -2.38. The van der Waals surface area contributed by atoms with E-state index in [9.17, 15) is 4.79 Å². The van der Waals surface area contributed by atoms with Gasteiger partial charge >= 0.3 is 0 Å². The molecular formula is C35H35ClN2O3. The summed E-state index contributed by atoms with van der Waals surface area (Å²) in [7, 11) is 3.29. The average Bonchev–Trinajstić information content (AvgIpc) is 3.11. The van der Waals surface area contributed by atoms with Crippen LogP contribution in [0.5, 0.6) is 11.5 Å². The molecule has 1 heterocycles. The number of aryl methyl sites for hydroxylation is 2. The number of hydrogen-bond acceptors (Lipinski definition) is 4. The molecule has 4 aromatic rings. The minimum Gasteiger partial charge on any atom is -0.497 e. The molecule has 210 valence electrons. The van der Waals surface area contributed by atoms with Crippen LogP contribution in [0.1, 0.15) is 47.2 Å². The van der Waals surface area contributed by atoms with Crippen LogP contribution in [0.3, 0.4) is 0 Å². The summed E-state index contributed by atoms with van der Waals surface area (Å²) in [4.78, 5) is 21.5. The number of ether oxygens (including phenoxy) is 2. The molecular weight excluding hydrogens is 532 g/mol. The van der Waals surface area contributed by atoms with Gasteiger partial charge in [0.2, 0.25) is 0 Å². The Kier molecular flexibility index (Phi) is 8.75. The molecule has 1 aliphatic rings. The fourth-order valence-corrected chi connectivity index (χ4v) is 5.58. The molecule has 0 saturated carbocycles. The predicted octanol–water partition coefficient (Wildman–Crippen LogP) is 7.48. The fraction of sp³-hybridized carbons (Fsp3) is 0.257. The molecule has 0 aliphatic carbocycles. The summed E-state index contributed by atoms with van der Waals surface area (Å²) in [5, 5.41) is 0.586. The zero-order valence-corrected chi connectivity index (χ0v) is 24.7. The molecule has 1 aliphatic heterocycles. The molecule has 1 atom stereocenters. The maximum Gasteiger partial charge on any atom is 0.252 e. The van der Waals surface area contributed by atoms with Gasteiger partial charge in [-0.25, -0.2) is 0 Å². The van der Waals surface area contributed by atoms with E-state index in [0.717, 1.165) is 58.0 Å². The quantitative estimate of drug-likeness (QED) is 0.211. The number of amides is 1. The van der Waals surface area contributed by atoms with Gasteiger partial charge < -0.3 is 14.4 Å². The van der Waals surface area contributed by atoms with Gasteiger partial charge in [0.15, 0.2) is 0 Å².